The lowest BCUT2D eigenvalue weighted by Gasteiger charge is -2.10. The first-order chi connectivity index (χ1) is 9.58. The third-order valence-electron chi connectivity index (χ3n) is 2.69. The van der Waals surface area contributed by atoms with E-state index in [0.29, 0.717) is 21.8 Å². The lowest BCUT2D eigenvalue weighted by molar-refractivity contribution is -0.134. The molecule has 102 valence electrons. The maximum atomic E-state index is 12.4. The minimum absolute atomic E-state index is 0.207. The van der Waals surface area contributed by atoms with Gasteiger partial charge in [-0.25, -0.2) is 0 Å². The molecule has 0 amide bonds. The number of halogens is 1. The van der Waals surface area contributed by atoms with Gasteiger partial charge in [0, 0.05) is 21.8 Å². The Bertz CT molecular complexity index is 641. The molecule has 0 saturated carbocycles. The Morgan fingerprint density at radius 1 is 1.10 bits per heavy atom. The number of carboxylic acid groups (broad SMARTS) is 1. The number of hydrogen-bond acceptors (Lipinski definition) is 3. The van der Waals surface area contributed by atoms with E-state index in [0.717, 1.165) is 0 Å². The van der Waals surface area contributed by atoms with Crippen LogP contribution in [0, 0.1) is 0 Å². The maximum Gasteiger partial charge on any atom is 0.322 e. The van der Waals surface area contributed by atoms with Gasteiger partial charge in [-0.05, 0) is 18.2 Å². The molecule has 0 radical (unpaired) electrons. The highest BCUT2D eigenvalue weighted by molar-refractivity contribution is 6.31. The predicted molar refractivity (Wildman–Crippen MR) is 77.5 cm³/mol. The number of aliphatic carboxylic acids is 1. The lowest BCUT2D eigenvalue weighted by atomic mass is 10.0. The normalized spacial score (nSPS) is 10.1. The van der Waals surface area contributed by atoms with Gasteiger partial charge >= 0.3 is 5.97 Å². The zero-order chi connectivity index (χ0) is 14.5. The zero-order valence-electron chi connectivity index (χ0n) is 10.5. The van der Waals surface area contributed by atoms with Crippen LogP contribution in [0.15, 0.2) is 48.5 Å². The van der Waals surface area contributed by atoms with Crippen LogP contribution < -0.4 is 5.32 Å². The quantitative estimate of drug-likeness (QED) is 0.830. The molecule has 0 aliphatic rings. The first kappa shape index (κ1) is 14.1. The Balaban J connectivity index is 2.36. The molecule has 2 aromatic rings. The number of rotatable bonds is 5. The summed E-state index contributed by atoms with van der Waals surface area (Å²) >= 11 is 5.91. The summed E-state index contributed by atoms with van der Waals surface area (Å²) in [5.41, 5.74) is 1.32. The summed E-state index contributed by atoms with van der Waals surface area (Å²) in [4.78, 5) is 23.0. The number of benzene rings is 2. The average Bonchev–Trinajstić information content (AvgIpc) is 2.46. The van der Waals surface area contributed by atoms with Crippen molar-refractivity contribution < 1.29 is 14.7 Å². The van der Waals surface area contributed by atoms with Gasteiger partial charge in [0.05, 0.1) is 0 Å². The van der Waals surface area contributed by atoms with Crippen molar-refractivity contribution in [3.05, 3.63) is 64.7 Å². The molecule has 4 nitrogen and oxygen atoms in total. The van der Waals surface area contributed by atoms with Gasteiger partial charge in [0.1, 0.15) is 6.54 Å². The SMILES string of the molecule is O=C(O)CNc1ccc(Cl)cc1C(=O)c1ccccc1. The minimum atomic E-state index is -1.00. The van der Waals surface area contributed by atoms with E-state index in [1.165, 1.54) is 6.07 Å². The van der Waals surface area contributed by atoms with E-state index in [9.17, 15) is 9.59 Å². The Kier molecular flexibility index (Phi) is 4.38. The van der Waals surface area contributed by atoms with Crippen molar-refractivity contribution in [1.29, 1.82) is 0 Å². The summed E-state index contributed by atoms with van der Waals surface area (Å²) < 4.78 is 0. The second-order valence-electron chi connectivity index (χ2n) is 4.13. The van der Waals surface area contributed by atoms with Crippen LogP contribution in [0.5, 0.6) is 0 Å². The Hall–Kier alpha value is -2.33. The van der Waals surface area contributed by atoms with Gasteiger partial charge < -0.3 is 10.4 Å². The largest absolute Gasteiger partial charge is 0.480 e. The number of hydrogen-bond donors (Lipinski definition) is 2. The van der Waals surface area contributed by atoms with Crippen molar-refractivity contribution in [2.24, 2.45) is 0 Å². The second kappa shape index (κ2) is 6.21. The fourth-order valence-electron chi connectivity index (χ4n) is 1.77. The van der Waals surface area contributed by atoms with Crippen molar-refractivity contribution in [2.45, 2.75) is 0 Å². The fourth-order valence-corrected chi connectivity index (χ4v) is 1.95. The Labute approximate surface area is 121 Å². The smallest absolute Gasteiger partial charge is 0.322 e. The van der Waals surface area contributed by atoms with Crippen LogP contribution in [0.2, 0.25) is 5.02 Å². The van der Waals surface area contributed by atoms with E-state index in [-0.39, 0.29) is 12.3 Å². The molecule has 20 heavy (non-hydrogen) atoms. The number of carbonyl (C=O) groups excluding carboxylic acids is 1. The Morgan fingerprint density at radius 3 is 2.45 bits per heavy atom. The first-order valence-electron chi connectivity index (χ1n) is 5.93. The molecule has 5 heteroatoms. The van der Waals surface area contributed by atoms with E-state index in [1.807, 2.05) is 6.07 Å². The van der Waals surface area contributed by atoms with E-state index in [1.54, 1.807) is 36.4 Å². The van der Waals surface area contributed by atoms with Crippen LogP contribution in [-0.2, 0) is 4.79 Å². The van der Waals surface area contributed by atoms with Gasteiger partial charge in [0.2, 0.25) is 0 Å². The number of ketones is 1. The van der Waals surface area contributed by atoms with Gasteiger partial charge in [0.15, 0.2) is 5.78 Å². The predicted octanol–water partition coefficient (Wildman–Crippen LogP) is 3.07. The summed E-state index contributed by atoms with van der Waals surface area (Å²) in [5, 5.41) is 11.8. The summed E-state index contributed by atoms with van der Waals surface area (Å²) in [7, 11) is 0. The van der Waals surface area contributed by atoms with Crippen molar-refractivity contribution in [2.75, 3.05) is 11.9 Å². The van der Waals surface area contributed by atoms with E-state index in [4.69, 9.17) is 16.7 Å². The molecule has 0 saturated heterocycles. The van der Waals surface area contributed by atoms with Crippen LogP contribution in [-0.4, -0.2) is 23.4 Å². The van der Waals surface area contributed by atoms with E-state index < -0.39 is 5.97 Å². The molecule has 0 fully saturated rings. The van der Waals surface area contributed by atoms with Crippen molar-refractivity contribution in [1.82, 2.24) is 0 Å². The standard InChI is InChI=1S/C15H12ClNO3/c16-11-6-7-13(17-9-14(18)19)12(8-11)15(20)10-4-2-1-3-5-10/h1-8,17H,9H2,(H,18,19). The van der Waals surface area contributed by atoms with Gasteiger partial charge in [-0.1, -0.05) is 41.9 Å². The summed E-state index contributed by atoms with van der Waals surface area (Å²) in [6.07, 6.45) is 0. The molecule has 0 heterocycles. The minimum Gasteiger partial charge on any atom is -0.480 e. The molecule has 0 aromatic heterocycles. The van der Waals surface area contributed by atoms with Crippen LogP contribution in [0.3, 0.4) is 0 Å². The lowest BCUT2D eigenvalue weighted by Crippen LogP contribution is -2.15. The number of nitrogens with one attached hydrogen (secondary N) is 1. The highest BCUT2D eigenvalue weighted by Crippen LogP contribution is 2.23. The molecule has 2 N–H and O–H groups in total. The van der Waals surface area contributed by atoms with E-state index in [2.05, 4.69) is 5.32 Å². The average molecular weight is 290 g/mol. The van der Waals surface area contributed by atoms with Gasteiger partial charge in [-0.15, -0.1) is 0 Å². The molecule has 0 aliphatic carbocycles. The zero-order valence-corrected chi connectivity index (χ0v) is 11.2. The molecule has 0 unspecified atom stereocenters. The van der Waals surface area contributed by atoms with Gasteiger partial charge in [-0.2, -0.15) is 0 Å². The fraction of sp³-hybridized carbons (Fsp3) is 0.0667. The second-order valence-corrected chi connectivity index (χ2v) is 4.57. The Morgan fingerprint density at radius 2 is 1.80 bits per heavy atom. The van der Waals surface area contributed by atoms with Crippen molar-refractivity contribution in [3.8, 4) is 0 Å². The molecule has 0 spiro atoms. The van der Waals surface area contributed by atoms with Crippen molar-refractivity contribution in [3.63, 3.8) is 0 Å². The van der Waals surface area contributed by atoms with Crippen molar-refractivity contribution >= 4 is 29.0 Å². The summed E-state index contributed by atoms with van der Waals surface area (Å²) in [6, 6.07) is 13.5. The summed E-state index contributed by atoms with van der Waals surface area (Å²) in [5.74, 6) is -1.21. The van der Waals surface area contributed by atoms with Crippen LogP contribution in [0.1, 0.15) is 15.9 Å². The molecule has 2 rings (SSSR count). The van der Waals surface area contributed by atoms with E-state index >= 15 is 0 Å². The third-order valence-corrected chi connectivity index (χ3v) is 2.93. The molecular weight excluding hydrogens is 278 g/mol. The topological polar surface area (TPSA) is 66.4 Å². The molecule has 0 bridgehead atoms. The first-order valence-corrected chi connectivity index (χ1v) is 6.30. The summed E-state index contributed by atoms with van der Waals surface area (Å²) in [6.45, 7) is -0.267. The molecule has 0 atom stereocenters. The maximum absolute atomic E-state index is 12.4. The molecular formula is C15H12ClNO3. The highest BCUT2D eigenvalue weighted by atomic mass is 35.5. The number of anilines is 1. The highest BCUT2D eigenvalue weighted by Gasteiger charge is 2.14. The molecule has 0 aliphatic heterocycles. The van der Waals surface area contributed by atoms with Gasteiger partial charge in [-0.3, -0.25) is 9.59 Å². The third kappa shape index (κ3) is 3.36. The van der Waals surface area contributed by atoms with Crippen LogP contribution >= 0.6 is 11.6 Å². The number of carbonyl (C=O) groups is 2. The van der Waals surface area contributed by atoms with Gasteiger partial charge in [0.25, 0.3) is 0 Å². The van der Waals surface area contributed by atoms with Crippen LogP contribution in [0.25, 0.3) is 0 Å². The molecule has 2 aromatic carbocycles. The number of carboxylic acids is 1. The van der Waals surface area contributed by atoms with Crippen LogP contribution in [0.4, 0.5) is 5.69 Å². The monoisotopic (exact) mass is 289 g/mol.